The summed E-state index contributed by atoms with van der Waals surface area (Å²) < 4.78 is 10.9. The van der Waals surface area contributed by atoms with Crippen LogP contribution < -0.4 is 0 Å². The minimum atomic E-state index is -0.243. The van der Waals surface area contributed by atoms with E-state index in [1.807, 2.05) is 37.3 Å². The van der Waals surface area contributed by atoms with Crippen LogP contribution in [0, 0.1) is 0 Å². The van der Waals surface area contributed by atoms with Crippen molar-refractivity contribution < 1.29 is 13.9 Å². The third-order valence-corrected chi connectivity index (χ3v) is 3.48. The van der Waals surface area contributed by atoms with E-state index in [0.29, 0.717) is 19.7 Å². The minimum absolute atomic E-state index is 0.243. The number of nitrogens with zero attached hydrogens (tertiary/aromatic N) is 1. The second-order valence-corrected chi connectivity index (χ2v) is 4.77. The number of furan rings is 1. The molecule has 1 amide bonds. The molecule has 3 rings (SSSR count). The van der Waals surface area contributed by atoms with Crippen molar-refractivity contribution in [2.75, 3.05) is 19.7 Å². The molecule has 0 unspecified atom stereocenters. The first-order chi connectivity index (χ1) is 9.78. The van der Waals surface area contributed by atoms with Crippen LogP contribution in [0.25, 0.3) is 16.5 Å². The van der Waals surface area contributed by atoms with Crippen LogP contribution in [-0.2, 0) is 4.74 Å². The lowest BCUT2D eigenvalue weighted by Crippen LogP contribution is -2.35. The largest absolute Gasteiger partial charge is 0.456 e. The van der Waals surface area contributed by atoms with Crippen molar-refractivity contribution >= 4 is 22.6 Å². The number of para-hydroxylation sites is 1. The zero-order chi connectivity index (χ0) is 13.9. The predicted octanol–water partition coefficient (Wildman–Crippen LogP) is 3.68. The normalized spacial score (nSPS) is 15.2. The summed E-state index contributed by atoms with van der Waals surface area (Å²) in [7, 11) is 0. The second kappa shape index (κ2) is 5.41. The van der Waals surface area contributed by atoms with E-state index in [2.05, 4.69) is 6.07 Å². The Balaban J connectivity index is 1.77. The Bertz CT molecular complexity index is 624. The van der Waals surface area contributed by atoms with Crippen molar-refractivity contribution in [2.24, 2.45) is 0 Å². The van der Waals surface area contributed by atoms with Gasteiger partial charge in [0.2, 0.25) is 0 Å². The third kappa shape index (κ3) is 2.41. The molecule has 2 heterocycles. The fourth-order valence-corrected chi connectivity index (χ4v) is 2.41. The van der Waals surface area contributed by atoms with Gasteiger partial charge < -0.3 is 14.1 Å². The maximum absolute atomic E-state index is 11.6. The Hall–Kier alpha value is -2.23. The van der Waals surface area contributed by atoms with Crippen LogP contribution in [0.4, 0.5) is 4.79 Å². The molecule has 1 aliphatic heterocycles. The molecule has 0 bridgehead atoms. The van der Waals surface area contributed by atoms with Gasteiger partial charge in [-0.05, 0) is 31.1 Å². The summed E-state index contributed by atoms with van der Waals surface area (Å²) in [5.41, 5.74) is 2.05. The number of rotatable bonds is 2. The van der Waals surface area contributed by atoms with E-state index in [4.69, 9.17) is 9.15 Å². The first-order valence-electron chi connectivity index (χ1n) is 6.87. The van der Waals surface area contributed by atoms with Gasteiger partial charge in [-0.3, -0.25) is 0 Å². The van der Waals surface area contributed by atoms with E-state index in [0.717, 1.165) is 28.7 Å². The summed E-state index contributed by atoms with van der Waals surface area (Å²) in [6, 6.07) is 10.0. The Kier molecular flexibility index (Phi) is 3.46. The summed E-state index contributed by atoms with van der Waals surface area (Å²) in [6.07, 6.45) is 2.59. The summed E-state index contributed by atoms with van der Waals surface area (Å²) in [6.45, 7) is 3.47. The molecule has 0 radical (unpaired) electrons. The third-order valence-electron chi connectivity index (χ3n) is 3.48. The summed E-state index contributed by atoms with van der Waals surface area (Å²) in [5, 5.41) is 1.11. The van der Waals surface area contributed by atoms with E-state index in [1.54, 1.807) is 4.90 Å². The summed E-state index contributed by atoms with van der Waals surface area (Å²) in [5.74, 6) is 0.898. The van der Waals surface area contributed by atoms with Gasteiger partial charge in [0.15, 0.2) is 0 Å². The van der Waals surface area contributed by atoms with E-state index >= 15 is 0 Å². The van der Waals surface area contributed by atoms with Crippen LogP contribution in [0.3, 0.4) is 0 Å². The van der Waals surface area contributed by atoms with Crippen molar-refractivity contribution in [3.05, 3.63) is 42.2 Å². The molecule has 20 heavy (non-hydrogen) atoms. The highest BCUT2D eigenvalue weighted by Gasteiger charge is 2.20. The number of carbonyl (C=O) groups is 1. The van der Waals surface area contributed by atoms with Crippen molar-refractivity contribution in [1.82, 2.24) is 4.90 Å². The van der Waals surface area contributed by atoms with Crippen LogP contribution in [0.2, 0.25) is 0 Å². The van der Waals surface area contributed by atoms with Gasteiger partial charge in [-0.1, -0.05) is 24.3 Å². The number of benzene rings is 1. The number of ether oxygens (including phenoxy) is 1. The van der Waals surface area contributed by atoms with Gasteiger partial charge in [-0.2, -0.15) is 0 Å². The zero-order valence-corrected chi connectivity index (χ0v) is 11.5. The van der Waals surface area contributed by atoms with Crippen LogP contribution >= 0.6 is 0 Å². The van der Waals surface area contributed by atoms with Gasteiger partial charge in [0.25, 0.3) is 0 Å². The molecule has 2 aromatic rings. The molecule has 0 saturated carbocycles. The maximum Gasteiger partial charge on any atom is 0.410 e. The molecule has 4 heteroatoms. The molecule has 0 atom stereocenters. The molecule has 104 valence electrons. The van der Waals surface area contributed by atoms with Gasteiger partial charge in [0.05, 0.1) is 6.61 Å². The highest BCUT2D eigenvalue weighted by Crippen LogP contribution is 2.28. The number of carbonyl (C=O) groups excluding carboxylic acids is 1. The number of amides is 1. The molecule has 0 fully saturated rings. The molecule has 0 saturated heterocycles. The molecule has 1 aromatic carbocycles. The van der Waals surface area contributed by atoms with E-state index in [9.17, 15) is 4.79 Å². The van der Waals surface area contributed by atoms with E-state index in [-0.39, 0.29) is 6.09 Å². The molecule has 0 aliphatic carbocycles. The van der Waals surface area contributed by atoms with Crippen LogP contribution in [0.1, 0.15) is 19.1 Å². The summed E-state index contributed by atoms with van der Waals surface area (Å²) in [4.78, 5) is 13.3. The minimum Gasteiger partial charge on any atom is -0.456 e. The van der Waals surface area contributed by atoms with Crippen LogP contribution in [0.5, 0.6) is 0 Å². The Morgan fingerprint density at radius 1 is 1.40 bits per heavy atom. The van der Waals surface area contributed by atoms with Gasteiger partial charge in [-0.15, -0.1) is 0 Å². The predicted molar refractivity (Wildman–Crippen MR) is 77.4 cm³/mol. The molecule has 1 aromatic heterocycles. The lowest BCUT2D eigenvalue weighted by molar-refractivity contribution is 0.111. The quantitative estimate of drug-likeness (QED) is 0.836. The molecular weight excluding hydrogens is 254 g/mol. The van der Waals surface area contributed by atoms with E-state index in [1.165, 1.54) is 0 Å². The first-order valence-corrected chi connectivity index (χ1v) is 6.87. The molecule has 4 nitrogen and oxygen atoms in total. The Morgan fingerprint density at radius 2 is 2.25 bits per heavy atom. The van der Waals surface area contributed by atoms with Gasteiger partial charge in [-0.25, -0.2) is 4.79 Å². The second-order valence-electron chi connectivity index (χ2n) is 4.77. The Labute approximate surface area is 117 Å². The first kappa shape index (κ1) is 12.8. The lowest BCUT2D eigenvalue weighted by Gasteiger charge is -2.24. The fraction of sp³-hybridized carbons (Fsp3) is 0.312. The number of hydrogen-bond acceptors (Lipinski definition) is 3. The lowest BCUT2D eigenvalue weighted by atomic mass is 10.1. The monoisotopic (exact) mass is 271 g/mol. The van der Waals surface area contributed by atoms with Gasteiger partial charge in [0.1, 0.15) is 11.3 Å². The number of hydrogen-bond donors (Lipinski definition) is 0. The Morgan fingerprint density at radius 3 is 2.95 bits per heavy atom. The van der Waals surface area contributed by atoms with E-state index < -0.39 is 0 Å². The van der Waals surface area contributed by atoms with Crippen molar-refractivity contribution in [3.8, 4) is 0 Å². The van der Waals surface area contributed by atoms with Crippen molar-refractivity contribution in [3.63, 3.8) is 0 Å². The van der Waals surface area contributed by atoms with Crippen molar-refractivity contribution in [1.29, 1.82) is 0 Å². The SMILES string of the molecule is CCOC(=O)N1CC=C(c2cc3ccccc3o2)CC1. The van der Waals surface area contributed by atoms with Crippen LogP contribution in [0.15, 0.2) is 40.8 Å². The molecular formula is C16H17NO3. The highest BCUT2D eigenvalue weighted by molar-refractivity contribution is 5.82. The topological polar surface area (TPSA) is 42.7 Å². The standard InChI is InChI=1S/C16H17NO3/c1-2-19-16(18)17-9-7-12(8-10-17)15-11-13-5-3-4-6-14(13)20-15/h3-7,11H,2,8-10H2,1H3. The number of fused-ring (bicyclic) bond motifs is 1. The van der Waals surface area contributed by atoms with Gasteiger partial charge >= 0.3 is 6.09 Å². The zero-order valence-electron chi connectivity index (χ0n) is 11.5. The fourth-order valence-electron chi connectivity index (χ4n) is 2.41. The average molecular weight is 271 g/mol. The average Bonchev–Trinajstić information content (AvgIpc) is 2.91. The molecule has 1 aliphatic rings. The highest BCUT2D eigenvalue weighted by atomic mass is 16.6. The van der Waals surface area contributed by atoms with Crippen LogP contribution in [-0.4, -0.2) is 30.7 Å². The molecule has 0 N–H and O–H groups in total. The van der Waals surface area contributed by atoms with Crippen molar-refractivity contribution in [2.45, 2.75) is 13.3 Å². The van der Waals surface area contributed by atoms with Gasteiger partial charge in [0, 0.05) is 18.5 Å². The summed E-state index contributed by atoms with van der Waals surface area (Å²) >= 11 is 0. The molecule has 0 spiro atoms. The smallest absolute Gasteiger partial charge is 0.410 e. The maximum atomic E-state index is 11.6.